The zero-order chi connectivity index (χ0) is 24.5. The summed E-state index contributed by atoms with van der Waals surface area (Å²) >= 11 is 0. The van der Waals surface area contributed by atoms with E-state index in [0.717, 1.165) is 35.5 Å². The molecule has 176 valence electrons. The molecular weight excluding hydrogens is 435 g/mol. The van der Waals surface area contributed by atoms with E-state index in [2.05, 4.69) is 38.1 Å². The van der Waals surface area contributed by atoms with Gasteiger partial charge in [-0.1, -0.05) is 66.7 Å². The monoisotopic (exact) mass is 464 g/mol. The number of anilines is 4. The van der Waals surface area contributed by atoms with Gasteiger partial charge in [-0.05, 0) is 47.6 Å². The van der Waals surface area contributed by atoms with Gasteiger partial charge in [0.05, 0.1) is 6.04 Å². The molecule has 0 fully saturated rings. The average Bonchev–Trinajstić information content (AvgIpc) is 2.87. The maximum Gasteiger partial charge on any atom is 0.241 e. The highest BCUT2D eigenvalue weighted by molar-refractivity contribution is 6.35. The number of rotatable bonds is 10. The largest absolute Gasteiger partial charge is 0.370 e. The van der Waals surface area contributed by atoms with Gasteiger partial charge in [0.1, 0.15) is 13.7 Å². The molecular formula is C27H29BN6O. The standard InChI is InChI=1S/C27H29BN6O/c28-23-18-31-27(34-25(23)30-15-14-19-8-3-1-4-9-19)33-22-13-7-12-21(17-22)32-26(35)24(29)16-20-10-5-2-6-11-20/h1-13,17-18,24H,14-16,28-29H2,(H,32,35)(H2,30,31,33,34). The molecule has 1 atom stereocenters. The number of carbonyl (C=O) groups is 1. The summed E-state index contributed by atoms with van der Waals surface area (Å²) < 4.78 is 0. The molecule has 0 aliphatic heterocycles. The van der Waals surface area contributed by atoms with E-state index in [4.69, 9.17) is 5.73 Å². The number of hydrogen-bond donors (Lipinski definition) is 4. The zero-order valence-corrected chi connectivity index (χ0v) is 19.7. The summed E-state index contributed by atoms with van der Waals surface area (Å²) in [5, 5.41) is 9.51. The van der Waals surface area contributed by atoms with Crippen molar-refractivity contribution in [2.45, 2.75) is 18.9 Å². The Balaban J connectivity index is 1.35. The Labute approximate surface area is 206 Å². The van der Waals surface area contributed by atoms with Crippen LogP contribution in [0.4, 0.5) is 23.1 Å². The Hall–Kier alpha value is -4.17. The van der Waals surface area contributed by atoms with Crippen LogP contribution in [-0.4, -0.2) is 36.3 Å². The van der Waals surface area contributed by atoms with Gasteiger partial charge in [0.25, 0.3) is 0 Å². The Kier molecular flexibility index (Phi) is 8.09. The van der Waals surface area contributed by atoms with Gasteiger partial charge in [0, 0.05) is 24.1 Å². The summed E-state index contributed by atoms with van der Waals surface area (Å²) in [5.41, 5.74) is 10.8. The molecule has 1 amide bonds. The van der Waals surface area contributed by atoms with Crippen molar-refractivity contribution in [2.24, 2.45) is 5.73 Å². The van der Waals surface area contributed by atoms with Gasteiger partial charge in [-0.25, -0.2) is 4.98 Å². The van der Waals surface area contributed by atoms with Crippen molar-refractivity contribution in [3.63, 3.8) is 0 Å². The molecule has 7 nitrogen and oxygen atoms in total. The number of aromatic nitrogens is 2. The van der Waals surface area contributed by atoms with Crippen molar-refractivity contribution >= 4 is 42.4 Å². The Morgan fingerprint density at radius 1 is 0.914 bits per heavy atom. The number of carbonyl (C=O) groups excluding carboxylic acids is 1. The molecule has 8 heteroatoms. The molecule has 0 spiro atoms. The van der Waals surface area contributed by atoms with E-state index in [1.165, 1.54) is 5.56 Å². The van der Waals surface area contributed by atoms with Crippen LogP contribution in [0.5, 0.6) is 0 Å². The smallest absolute Gasteiger partial charge is 0.241 e. The number of nitrogens with one attached hydrogen (secondary N) is 3. The fourth-order valence-electron chi connectivity index (χ4n) is 3.65. The van der Waals surface area contributed by atoms with E-state index in [1.54, 1.807) is 6.20 Å². The van der Waals surface area contributed by atoms with Crippen molar-refractivity contribution in [1.29, 1.82) is 0 Å². The predicted molar refractivity (Wildman–Crippen MR) is 145 cm³/mol. The summed E-state index contributed by atoms with van der Waals surface area (Å²) in [6.07, 6.45) is 3.16. The predicted octanol–water partition coefficient (Wildman–Crippen LogP) is 2.64. The van der Waals surface area contributed by atoms with Crippen molar-refractivity contribution in [2.75, 3.05) is 22.5 Å². The average molecular weight is 464 g/mol. The molecule has 5 N–H and O–H groups in total. The molecule has 0 saturated heterocycles. The second-order valence-electron chi connectivity index (χ2n) is 8.38. The molecule has 35 heavy (non-hydrogen) atoms. The first-order valence-corrected chi connectivity index (χ1v) is 11.7. The fraction of sp³-hybridized carbons (Fsp3) is 0.148. The lowest BCUT2D eigenvalue weighted by Crippen LogP contribution is -2.37. The fourth-order valence-corrected chi connectivity index (χ4v) is 3.65. The molecule has 4 aromatic rings. The van der Waals surface area contributed by atoms with E-state index >= 15 is 0 Å². The normalized spacial score (nSPS) is 11.5. The molecule has 0 radical (unpaired) electrons. The Morgan fingerprint density at radius 2 is 1.60 bits per heavy atom. The number of nitrogens with zero attached hydrogens (tertiary/aromatic N) is 2. The van der Waals surface area contributed by atoms with Gasteiger partial charge in [0.2, 0.25) is 11.9 Å². The van der Waals surface area contributed by atoms with Crippen LogP contribution in [0.1, 0.15) is 11.1 Å². The minimum Gasteiger partial charge on any atom is -0.370 e. The molecule has 3 aromatic carbocycles. The lowest BCUT2D eigenvalue weighted by molar-refractivity contribution is -0.117. The van der Waals surface area contributed by atoms with Crippen LogP contribution < -0.4 is 27.1 Å². The number of benzene rings is 3. The second kappa shape index (κ2) is 11.8. The molecule has 0 saturated carbocycles. The van der Waals surface area contributed by atoms with Crippen molar-refractivity contribution in [3.05, 3.63) is 102 Å². The summed E-state index contributed by atoms with van der Waals surface area (Å²) in [5.74, 6) is 1.03. The van der Waals surface area contributed by atoms with Gasteiger partial charge >= 0.3 is 0 Å². The molecule has 1 heterocycles. The number of amides is 1. The molecule has 0 aliphatic carbocycles. The van der Waals surface area contributed by atoms with Crippen LogP contribution in [0.3, 0.4) is 0 Å². The SMILES string of the molecule is Bc1cnc(Nc2cccc(NC(=O)C(N)Cc3ccccc3)c2)nc1NCCc1ccccc1. The summed E-state index contributed by atoms with van der Waals surface area (Å²) in [6.45, 7) is 0.770. The molecule has 1 aromatic heterocycles. The molecule has 0 aliphatic rings. The van der Waals surface area contributed by atoms with Crippen LogP contribution in [-0.2, 0) is 17.6 Å². The van der Waals surface area contributed by atoms with E-state index < -0.39 is 6.04 Å². The summed E-state index contributed by atoms with van der Waals surface area (Å²) in [4.78, 5) is 21.6. The van der Waals surface area contributed by atoms with Crippen LogP contribution >= 0.6 is 0 Å². The minimum atomic E-state index is -0.640. The first-order valence-electron chi connectivity index (χ1n) is 11.7. The third-order valence-electron chi connectivity index (χ3n) is 5.54. The number of hydrogen-bond acceptors (Lipinski definition) is 6. The van der Waals surface area contributed by atoms with Crippen LogP contribution in [0, 0.1) is 0 Å². The lowest BCUT2D eigenvalue weighted by atomic mass is 9.99. The van der Waals surface area contributed by atoms with Gasteiger partial charge in [-0.15, -0.1) is 0 Å². The topological polar surface area (TPSA) is 105 Å². The maximum absolute atomic E-state index is 12.6. The van der Waals surface area contributed by atoms with Gasteiger partial charge < -0.3 is 21.7 Å². The van der Waals surface area contributed by atoms with Crippen LogP contribution in [0.2, 0.25) is 0 Å². The van der Waals surface area contributed by atoms with Crippen molar-refractivity contribution < 1.29 is 4.79 Å². The van der Waals surface area contributed by atoms with Gasteiger partial charge in [-0.2, -0.15) is 4.98 Å². The highest BCUT2D eigenvalue weighted by Crippen LogP contribution is 2.19. The molecule has 4 rings (SSSR count). The van der Waals surface area contributed by atoms with Crippen LogP contribution in [0.25, 0.3) is 0 Å². The first kappa shape index (κ1) is 24.0. The van der Waals surface area contributed by atoms with Gasteiger partial charge in [0.15, 0.2) is 0 Å². The lowest BCUT2D eigenvalue weighted by Gasteiger charge is -2.14. The molecule has 0 bridgehead atoms. The Bertz CT molecular complexity index is 1250. The van der Waals surface area contributed by atoms with E-state index in [-0.39, 0.29) is 5.91 Å². The second-order valence-corrected chi connectivity index (χ2v) is 8.38. The summed E-state index contributed by atoms with van der Waals surface area (Å²) in [7, 11) is 1.98. The van der Waals surface area contributed by atoms with E-state index in [1.807, 2.05) is 80.6 Å². The Morgan fingerprint density at radius 3 is 2.34 bits per heavy atom. The molecule has 1 unspecified atom stereocenters. The minimum absolute atomic E-state index is 0.234. The van der Waals surface area contributed by atoms with Gasteiger partial charge in [-0.3, -0.25) is 4.79 Å². The maximum atomic E-state index is 12.6. The summed E-state index contributed by atoms with van der Waals surface area (Å²) in [6, 6.07) is 26.8. The highest BCUT2D eigenvalue weighted by atomic mass is 16.2. The first-order chi connectivity index (χ1) is 17.1. The van der Waals surface area contributed by atoms with Crippen molar-refractivity contribution in [3.8, 4) is 0 Å². The third-order valence-corrected chi connectivity index (χ3v) is 5.54. The number of nitrogens with two attached hydrogens (primary N) is 1. The van der Waals surface area contributed by atoms with E-state index in [0.29, 0.717) is 18.1 Å². The van der Waals surface area contributed by atoms with Crippen molar-refractivity contribution in [1.82, 2.24) is 9.97 Å². The van der Waals surface area contributed by atoms with E-state index in [9.17, 15) is 4.79 Å². The highest BCUT2D eigenvalue weighted by Gasteiger charge is 2.14. The quantitative estimate of drug-likeness (QED) is 0.269. The zero-order valence-electron chi connectivity index (χ0n) is 19.7. The third kappa shape index (κ3) is 7.16. The van der Waals surface area contributed by atoms with Crippen LogP contribution in [0.15, 0.2) is 91.1 Å².